The molecule has 0 saturated heterocycles. The van der Waals surface area contributed by atoms with Crippen LogP contribution in [-0.2, 0) is 5.11 Å². The summed E-state index contributed by atoms with van der Waals surface area (Å²) in [5, 5.41) is 13.1. The molecule has 0 fully saturated rings. The smallest absolute Gasteiger partial charge is 0.201 e. The van der Waals surface area contributed by atoms with Gasteiger partial charge in [0.15, 0.2) is -1.69 Å². The van der Waals surface area contributed by atoms with Crippen molar-refractivity contribution in [3.8, 4) is 0 Å². The molecule has 0 N–H and O–H groups in total. The second kappa shape index (κ2) is 7.19. The zero-order valence-electron chi connectivity index (χ0n) is 5.81. The highest BCUT2D eigenvalue weighted by molar-refractivity contribution is 14.3. The van der Waals surface area contributed by atoms with Crippen LogP contribution in [0.5, 0.6) is 0 Å². The van der Waals surface area contributed by atoms with Crippen LogP contribution in [0.2, 0.25) is 0 Å². The van der Waals surface area contributed by atoms with E-state index in [0.717, 1.165) is 0 Å². The van der Waals surface area contributed by atoms with Gasteiger partial charge in [0.2, 0.25) is 5.60 Å². The van der Waals surface area contributed by atoms with Gasteiger partial charge >= 0.3 is 0 Å². The summed E-state index contributed by atoms with van der Waals surface area (Å²) >= 11 is 20.1. The van der Waals surface area contributed by atoms with Gasteiger partial charge in [0.1, 0.15) is 0 Å². The first-order valence-corrected chi connectivity index (χ1v) is 12.4. The van der Waals surface area contributed by atoms with Crippen LogP contribution in [0.3, 0.4) is 0 Å². The molecule has 0 aliphatic heterocycles. The third-order valence-corrected chi connectivity index (χ3v) is 8.03. The fraction of sp³-hybridized carbons (Fsp3) is 1.00. The molecule has 0 aliphatic rings. The highest BCUT2D eigenvalue weighted by atomic mass is 127. The summed E-state index contributed by atoms with van der Waals surface area (Å²) in [4.78, 5) is 0. The Morgan fingerprint density at radius 2 is 0.643 bits per heavy atom. The molecule has 0 unspecified atom stereocenters. The Morgan fingerprint density at radius 1 is 0.500 bits per heavy atom. The molecule has 10 heteroatoms. The Kier molecular flexibility index (Phi) is 10.6. The van der Waals surface area contributed by atoms with Crippen LogP contribution in [0, 0.1) is 0 Å². The van der Waals surface area contributed by atoms with Crippen molar-refractivity contribution in [3.63, 3.8) is 0 Å². The van der Waals surface area contributed by atoms with Gasteiger partial charge in [-0.3, -0.25) is 0 Å². The van der Waals surface area contributed by atoms with Gasteiger partial charge in [0.05, 0.1) is 0 Å². The average Bonchev–Trinajstić information content (AvgIpc) is 1.77. The molecule has 85 valence electrons. The third kappa shape index (κ3) is 5.06. The fourth-order valence-electron chi connectivity index (χ4n) is 0.482. The summed E-state index contributed by atoms with van der Waals surface area (Å²) in [5.41, 5.74) is -1.06. The van der Waals surface area contributed by atoms with Gasteiger partial charge in [0, 0.05) is 0 Å². The van der Waals surface area contributed by atoms with Crippen molar-refractivity contribution < 1.29 is 5.11 Å². The molecule has 0 aromatic carbocycles. The maximum absolute atomic E-state index is 13.1. The van der Waals surface area contributed by atoms with Crippen molar-refractivity contribution in [2.45, 2.75) is 3.91 Å². The lowest BCUT2D eigenvalue weighted by molar-refractivity contribution is 0.0235. The molecule has 1 radical (unpaired) electrons. The minimum atomic E-state index is -1.06. The summed E-state index contributed by atoms with van der Waals surface area (Å²) in [6.07, 6.45) is 0. The molecule has 0 aromatic rings. The highest BCUT2D eigenvalue weighted by Crippen LogP contribution is 2.68. The number of alkyl halides is 9. The maximum atomic E-state index is 13.1. The Morgan fingerprint density at radius 3 is 0.643 bits per heavy atom. The first kappa shape index (κ1) is 20.5. The molecule has 0 bridgehead atoms. The minimum Gasteiger partial charge on any atom is -0.220 e. The monoisotopic (exact) mass is 1210 g/mol. The van der Waals surface area contributed by atoms with Crippen LogP contribution in [-0.4, -0.2) is 3.91 Å². The van der Waals surface area contributed by atoms with Crippen molar-refractivity contribution in [2.24, 2.45) is 0 Å². The van der Waals surface area contributed by atoms with E-state index in [2.05, 4.69) is 203 Å². The first-order valence-electron chi connectivity index (χ1n) is 2.65. The van der Waals surface area contributed by atoms with Crippen molar-refractivity contribution >= 4 is 203 Å². The molecule has 14 heavy (non-hydrogen) atoms. The topological polar surface area (TPSA) is 19.9 Å². The lowest BCUT2D eigenvalue weighted by atomic mass is 10.2. The SMILES string of the molecule is [O]C(C(I)(I)I)(C(I)(I)I)C(I)(I)I. The molecule has 0 aromatic heterocycles. The van der Waals surface area contributed by atoms with Crippen LogP contribution in [0.4, 0.5) is 0 Å². The maximum Gasteiger partial charge on any atom is 0.201 e. The number of hydrogen-bond donors (Lipinski definition) is 0. The summed E-state index contributed by atoms with van der Waals surface area (Å²) in [6, 6.07) is 0. The molecule has 0 saturated carbocycles. The Labute approximate surface area is 206 Å². The lowest BCUT2D eigenvalue weighted by Crippen LogP contribution is -2.59. The van der Waals surface area contributed by atoms with Crippen LogP contribution in [0.25, 0.3) is 0 Å². The van der Waals surface area contributed by atoms with Crippen LogP contribution < -0.4 is 0 Å². The van der Waals surface area contributed by atoms with Crippen LogP contribution in [0.1, 0.15) is 0 Å². The highest BCUT2D eigenvalue weighted by Gasteiger charge is 2.68. The van der Waals surface area contributed by atoms with E-state index in [9.17, 15) is 5.11 Å². The number of rotatable bonds is 3. The van der Waals surface area contributed by atoms with E-state index in [1.165, 1.54) is 0 Å². The summed E-state index contributed by atoms with van der Waals surface area (Å²) < 4.78 is -1.10. The Hall–Kier alpha value is 6.53. The lowest BCUT2D eigenvalue weighted by Gasteiger charge is -2.45. The first-order chi connectivity index (χ1) is 5.75. The molecule has 0 heterocycles. The molecule has 0 aliphatic carbocycles. The third-order valence-electron chi connectivity index (χ3n) is 1.20. The van der Waals surface area contributed by atoms with Gasteiger partial charge in [-0.1, -0.05) is 203 Å². The largest absolute Gasteiger partial charge is 0.220 e. The second-order valence-corrected chi connectivity index (χ2v) is 35.3. The predicted octanol–water partition coefficient (Wildman–Crippen LogP) is 7.03. The molecule has 0 rings (SSSR count). The molecule has 0 spiro atoms. The van der Waals surface area contributed by atoms with E-state index in [0.29, 0.717) is 0 Å². The zero-order chi connectivity index (χ0) is 12.0. The molecule has 1 nitrogen and oxygen atoms in total. The van der Waals surface area contributed by atoms with Crippen LogP contribution in [0.15, 0.2) is 0 Å². The Bertz CT molecular complexity index is 170. The number of hydrogen-bond acceptors (Lipinski definition) is 0. The standard InChI is InChI=1S/C4I9O/c5-2(6,7)1(14,3(8,9)10)4(11,12)13. The minimum absolute atomic E-state index is 0.368. The summed E-state index contributed by atoms with van der Waals surface area (Å²) in [7, 11) is 0. The van der Waals surface area contributed by atoms with Gasteiger partial charge in [-0.15, -0.1) is 0 Å². The van der Waals surface area contributed by atoms with Gasteiger partial charge in [0.25, 0.3) is 0 Å². The van der Waals surface area contributed by atoms with E-state index in [1.807, 2.05) is 0 Å². The summed E-state index contributed by atoms with van der Waals surface area (Å²) in [6.45, 7) is 0. The fourth-order valence-corrected chi connectivity index (χ4v) is 21.7. The molecule has 0 atom stereocenters. The van der Waals surface area contributed by atoms with Crippen molar-refractivity contribution in [2.75, 3.05) is 0 Å². The Balaban J connectivity index is 5.54. The van der Waals surface area contributed by atoms with Crippen molar-refractivity contribution in [3.05, 3.63) is 0 Å². The van der Waals surface area contributed by atoms with Gasteiger partial charge in [-0.2, -0.15) is 0 Å². The van der Waals surface area contributed by atoms with Gasteiger partial charge in [-0.25, -0.2) is 5.11 Å². The van der Waals surface area contributed by atoms with Crippen LogP contribution >= 0.6 is 203 Å². The van der Waals surface area contributed by atoms with Crippen molar-refractivity contribution in [1.82, 2.24) is 0 Å². The predicted molar refractivity (Wildman–Crippen MR) is 138 cm³/mol. The molecule has 0 amide bonds. The van der Waals surface area contributed by atoms with Crippen molar-refractivity contribution in [1.29, 1.82) is 0 Å². The average molecular weight is 1210 g/mol. The van der Waals surface area contributed by atoms with E-state index in [-0.39, 0.29) is -1.69 Å². The van der Waals surface area contributed by atoms with Gasteiger partial charge in [-0.05, 0) is 0 Å². The normalized spacial score (nSPS) is 15.9. The van der Waals surface area contributed by atoms with E-state index in [1.54, 1.807) is 0 Å². The summed E-state index contributed by atoms with van der Waals surface area (Å²) in [5.74, 6) is 0. The second-order valence-electron chi connectivity index (χ2n) is 2.17. The quantitative estimate of drug-likeness (QED) is 0.214. The molecular weight excluding hydrogens is 1210 g/mol. The van der Waals surface area contributed by atoms with E-state index < -0.39 is 5.60 Å². The number of halogens is 9. The van der Waals surface area contributed by atoms with E-state index in [4.69, 9.17) is 0 Å². The van der Waals surface area contributed by atoms with Gasteiger partial charge < -0.3 is 0 Å². The molecular formula is C4I9O. The van der Waals surface area contributed by atoms with E-state index >= 15 is 0 Å². The zero-order valence-corrected chi connectivity index (χ0v) is 25.2.